The number of benzene rings is 1. The minimum atomic E-state index is -1.28. The van der Waals surface area contributed by atoms with E-state index in [0.29, 0.717) is 6.42 Å². The third-order valence-electron chi connectivity index (χ3n) is 3.73. The second-order valence-corrected chi connectivity index (χ2v) is 6.10. The zero-order chi connectivity index (χ0) is 12.6. The Morgan fingerprint density at radius 3 is 2.78 bits per heavy atom. The fourth-order valence-electron chi connectivity index (χ4n) is 2.69. The van der Waals surface area contributed by atoms with Gasteiger partial charge in [-0.25, -0.2) is 4.39 Å². The molecule has 2 fully saturated rings. The van der Waals surface area contributed by atoms with Crippen molar-refractivity contribution < 1.29 is 13.3 Å². The number of hydrogen-bond donors (Lipinski definition) is 0. The van der Waals surface area contributed by atoms with Crippen molar-refractivity contribution in [3.8, 4) is 0 Å². The first-order valence-corrected chi connectivity index (χ1v) is 7.10. The van der Waals surface area contributed by atoms with Gasteiger partial charge in [0.25, 0.3) is 0 Å². The third-order valence-corrected chi connectivity index (χ3v) is 4.43. The molecule has 4 heteroatoms. The first-order valence-electron chi connectivity index (χ1n) is 6.36. The molecule has 3 atom stereocenters. The molecule has 18 heavy (non-hydrogen) atoms. The van der Waals surface area contributed by atoms with Crippen molar-refractivity contribution in [2.75, 3.05) is 6.61 Å². The van der Waals surface area contributed by atoms with Crippen molar-refractivity contribution in [1.29, 1.82) is 0 Å². The molecule has 2 aliphatic rings. The Morgan fingerprint density at radius 2 is 2.17 bits per heavy atom. The molecule has 98 valence electrons. The first kappa shape index (κ1) is 12.5. The topological polar surface area (TPSA) is 18.5 Å². The molecule has 2 heterocycles. The van der Waals surface area contributed by atoms with E-state index in [9.17, 15) is 4.39 Å². The molecule has 1 aromatic rings. The molecule has 3 unspecified atom stereocenters. The summed E-state index contributed by atoms with van der Waals surface area (Å²) in [6.45, 7) is 2.16. The van der Waals surface area contributed by atoms with Gasteiger partial charge in [-0.3, -0.25) is 0 Å². The number of halogens is 1. The number of rotatable bonds is 4. The molecular weight excluding hydrogens is 251 g/mol. The van der Waals surface area contributed by atoms with Gasteiger partial charge in [-0.1, -0.05) is 17.7 Å². The fraction of sp³-hybridized carbons (Fsp3) is 0.571. The summed E-state index contributed by atoms with van der Waals surface area (Å²) in [5.74, 6) is 0. The molecule has 0 amide bonds. The lowest BCUT2D eigenvalue weighted by Crippen LogP contribution is -2.39. The number of alkyl halides is 1. The molecule has 0 radical (unpaired) electrons. The van der Waals surface area contributed by atoms with Crippen LogP contribution in [-0.2, 0) is 8.92 Å². The van der Waals surface area contributed by atoms with E-state index in [2.05, 4.69) is 0 Å². The maximum Gasteiger partial charge on any atom is 0.163 e. The molecule has 0 N–H and O–H groups in total. The van der Waals surface area contributed by atoms with E-state index < -0.39 is 5.67 Å². The summed E-state index contributed by atoms with van der Waals surface area (Å²) in [5.41, 5.74) is -0.0662. The predicted molar refractivity (Wildman–Crippen MR) is 69.3 cm³/mol. The Hall–Kier alpha value is -0.580. The predicted octanol–water partition coefficient (Wildman–Crippen LogP) is 3.68. The fourth-order valence-corrected chi connectivity index (χ4v) is 3.33. The number of aryl methyl sites for hydroxylation is 1. The van der Waals surface area contributed by atoms with Crippen molar-refractivity contribution in [3.05, 3.63) is 29.8 Å². The molecule has 2 bridgehead atoms. The van der Waals surface area contributed by atoms with Crippen molar-refractivity contribution in [1.82, 2.24) is 0 Å². The molecule has 2 nitrogen and oxygen atoms in total. The van der Waals surface area contributed by atoms with E-state index in [0.717, 1.165) is 17.7 Å². The van der Waals surface area contributed by atoms with Gasteiger partial charge in [-0.15, -0.1) is 0 Å². The van der Waals surface area contributed by atoms with Crippen molar-refractivity contribution in [2.45, 2.75) is 49.0 Å². The van der Waals surface area contributed by atoms with Crippen LogP contribution in [0.5, 0.6) is 0 Å². The molecule has 1 aromatic carbocycles. The summed E-state index contributed by atoms with van der Waals surface area (Å²) in [6, 6.07) is 8.03. The molecule has 0 aromatic heterocycles. The lowest BCUT2D eigenvalue weighted by Gasteiger charge is -2.25. The van der Waals surface area contributed by atoms with Gasteiger partial charge in [0.15, 0.2) is 5.67 Å². The molecule has 0 aliphatic carbocycles. The van der Waals surface area contributed by atoms with Crippen LogP contribution >= 0.6 is 12.0 Å². The molecule has 0 saturated carbocycles. The van der Waals surface area contributed by atoms with Gasteiger partial charge in [0, 0.05) is 23.4 Å². The SMILES string of the molecule is Cc1ccc(SOCC2(F)CC3CCC2O3)cc1. The quantitative estimate of drug-likeness (QED) is 0.776. The van der Waals surface area contributed by atoms with Gasteiger partial charge < -0.3 is 8.92 Å². The van der Waals surface area contributed by atoms with Crippen LogP contribution in [0.4, 0.5) is 4.39 Å². The maximum absolute atomic E-state index is 14.5. The van der Waals surface area contributed by atoms with Crippen LogP contribution in [0.2, 0.25) is 0 Å². The highest BCUT2D eigenvalue weighted by Gasteiger charge is 2.53. The molecule has 2 aliphatic heterocycles. The lowest BCUT2D eigenvalue weighted by molar-refractivity contribution is 0.0104. The number of fused-ring (bicyclic) bond motifs is 2. The van der Waals surface area contributed by atoms with Crippen LogP contribution in [0.3, 0.4) is 0 Å². The van der Waals surface area contributed by atoms with Crippen molar-refractivity contribution in [2.24, 2.45) is 0 Å². The number of hydrogen-bond acceptors (Lipinski definition) is 3. The molecule has 0 spiro atoms. The Bertz CT molecular complexity index is 422. The van der Waals surface area contributed by atoms with Gasteiger partial charge in [0.1, 0.15) is 0 Å². The molecule has 3 rings (SSSR count). The Morgan fingerprint density at radius 1 is 1.39 bits per heavy atom. The summed E-state index contributed by atoms with van der Waals surface area (Å²) in [6.07, 6.45) is 2.20. The van der Waals surface area contributed by atoms with Crippen LogP contribution in [-0.4, -0.2) is 24.5 Å². The number of ether oxygens (including phenoxy) is 1. The largest absolute Gasteiger partial charge is 0.371 e. The highest BCUT2D eigenvalue weighted by atomic mass is 32.2. The highest BCUT2D eigenvalue weighted by Crippen LogP contribution is 2.45. The Labute approximate surface area is 111 Å². The normalized spacial score (nSPS) is 34.1. The first-order chi connectivity index (χ1) is 8.66. The highest BCUT2D eigenvalue weighted by molar-refractivity contribution is 7.94. The van der Waals surface area contributed by atoms with E-state index in [1.807, 2.05) is 31.2 Å². The summed E-state index contributed by atoms with van der Waals surface area (Å²) in [4.78, 5) is 1.01. The Balaban J connectivity index is 1.51. The summed E-state index contributed by atoms with van der Waals surface area (Å²) < 4.78 is 25.5. The third kappa shape index (κ3) is 2.42. The zero-order valence-corrected chi connectivity index (χ0v) is 11.2. The summed E-state index contributed by atoms with van der Waals surface area (Å²) in [7, 11) is 0. The van der Waals surface area contributed by atoms with Gasteiger partial charge >= 0.3 is 0 Å². The van der Waals surface area contributed by atoms with Gasteiger partial charge in [0.2, 0.25) is 0 Å². The van der Waals surface area contributed by atoms with Gasteiger partial charge in [-0.2, -0.15) is 0 Å². The van der Waals surface area contributed by atoms with E-state index in [1.54, 1.807) is 0 Å². The van der Waals surface area contributed by atoms with Gasteiger partial charge in [-0.05, 0) is 31.9 Å². The van der Waals surface area contributed by atoms with Crippen LogP contribution in [0.1, 0.15) is 24.8 Å². The molecular formula is C14H17FO2S. The summed E-state index contributed by atoms with van der Waals surface area (Å²) in [5, 5.41) is 0. The van der Waals surface area contributed by atoms with Crippen LogP contribution in [0.15, 0.2) is 29.2 Å². The van der Waals surface area contributed by atoms with Crippen LogP contribution < -0.4 is 0 Å². The second-order valence-electron chi connectivity index (χ2n) is 5.22. The minimum absolute atomic E-state index is 0.118. The zero-order valence-electron chi connectivity index (χ0n) is 10.4. The Kier molecular flexibility index (Phi) is 3.34. The minimum Gasteiger partial charge on any atom is -0.371 e. The van der Waals surface area contributed by atoms with Gasteiger partial charge in [0.05, 0.1) is 18.8 Å². The van der Waals surface area contributed by atoms with Crippen LogP contribution in [0, 0.1) is 6.92 Å². The lowest BCUT2D eigenvalue weighted by atomic mass is 9.87. The average Bonchev–Trinajstić information content (AvgIpc) is 2.92. The molecule has 2 saturated heterocycles. The van der Waals surface area contributed by atoms with E-state index in [-0.39, 0.29) is 18.8 Å². The second kappa shape index (κ2) is 4.83. The maximum atomic E-state index is 14.5. The standard InChI is InChI=1S/C14H17FO2S/c1-10-2-5-12(6-3-10)18-16-9-14(15)8-11-4-7-13(14)17-11/h2-3,5-6,11,13H,4,7-9H2,1H3. The van der Waals surface area contributed by atoms with E-state index in [1.165, 1.54) is 17.6 Å². The van der Waals surface area contributed by atoms with Crippen molar-refractivity contribution >= 4 is 12.0 Å². The average molecular weight is 268 g/mol. The van der Waals surface area contributed by atoms with Crippen molar-refractivity contribution in [3.63, 3.8) is 0 Å². The smallest absolute Gasteiger partial charge is 0.163 e. The van der Waals surface area contributed by atoms with Crippen LogP contribution in [0.25, 0.3) is 0 Å². The summed E-state index contributed by atoms with van der Waals surface area (Å²) >= 11 is 1.25. The monoisotopic (exact) mass is 268 g/mol. The van der Waals surface area contributed by atoms with E-state index >= 15 is 0 Å². The van der Waals surface area contributed by atoms with E-state index in [4.69, 9.17) is 8.92 Å².